The van der Waals surface area contributed by atoms with Crippen LogP contribution in [0.2, 0.25) is 0 Å². The Morgan fingerprint density at radius 3 is 1.95 bits per heavy atom. The summed E-state index contributed by atoms with van der Waals surface area (Å²) in [7, 11) is 1.01. The van der Waals surface area contributed by atoms with Gasteiger partial charge < -0.3 is 4.74 Å². The van der Waals surface area contributed by atoms with Gasteiger partial charge in [0.25, 0.3) is 5.54 Å². The van der Waals surface area contributed by atoms with E-state index in [-0.39, 0.29) is 0 Å². The SMILES string of the molecule is COC(=O)C1=NN(C)[C@](C#N)(C(F)(F)F)[C@@]1(C#N)C(F)(F)F. The summed E-state index contributed by atoms with van der Waals surface area (Å²) in [5.41, 5.74) is -10.8. The number of nitriles is 2. The quantitative estimate of drug-likeness (QED) is 0.535. The molecule has 0 amide bonds. The number of esters is 1. The average Bonchev–Trinajstić information content (AvgIpc) is 2.66. The van der Waals surface area contributed by atoms with E-state index < -0.39 is 40.0 Å². The van der Waals surface area contributed by atoms with Crippen LogP contribution in [-0.4, -0.2) is 48.7 Å². The molecule has 6 nitrogen and oxygen atoms in total. The molecule has 0 saturated carbocycles. The van der Waals surface area contributed by atoms with Crippen molar-refractivity contribution in [3.05, 3.63) is 0 Å². The first-order valence-electron chi connectivity index (χ1n) is 5.24. The first-order chi connectivity index (χ1) is 9.87. The maximum Gasteiger partial charge on any atom is 0.429 e. The van der Waals surface area contributed by atoms with Crippen molar-refractivity contribution < 1.29 is 35.9 Å². The van der Waals surface area contributed by atoms with E-state index in [2.05, 4.69) is 9.84 Å². The summed E-state index contributed by atoms with van der Waals surface area (Å²) >= 11 is 0. The molecule has 0 aromatic carbocycles. The maximum absolute atomic E-state index is 13.4. The van der Waals surface area contributed by atoms with E-state index in [9.17, 15) is 31.1 Å². The number of halogens is 6. The van der Waals surface area contributed by atoms with Crippen LogP contribution in [0, 0.1) is 28.1 Å². The number of carbonyl (C=O) groups is 1. The molecule has 0 aliphatic carbocycles. The van der Waals surface area contributed by atoms with Gasteiger partial charge in [0, 0.05) is 7.05 Å². The highest BCUT2D eigenvalue weighted by Gasteiger charge is 2.86. The normalized spacial score (nSPS) is 28.6. The molecule has 0 saturated heterocycles. The number of hydrazone groups is 1. The van der Waals surface area contributed by atoms with Crippen LogP contribution in [0.3, 0.4) is 0 Å². The van der Waals surface area contributed by atoms with Gasteiger partial charge in [-0.25, -0.2) is 4.79 Å². The number of methoxy groups -OCH3 is 1. The number of hydrogen-bond acceptors (Lipinski definition) is 6. The molecular formula is C10H6F6N4O2. The van der Waals surface area contributed by atoms with E-state index >= 15 is 0 Å². The lowest BCUT2D eigenvalue weighted by molar-refractivity contribution is -0.277. The largest absolute Gasteiger partial charge is 0.464 e. The van der Waals surface area contributed by atoms with Gasteiger partial charge in [-0.2, -0.15) is 42.0 Å². The molecule has 22 heavy (non-hydrogen) atoms. The zero-order chi connectivity index (χ0) is 17.6. The summed E-state index contributed by atoms with van der Waals surface area (Å²) in [6.45, 7) is 0. The molecule has 0 fully saturated rings. The van der Waals surface area contributed by atoms with Crippen LogP contribution in [0.25, 0.3) is 0 Å². The summed E-state index contributed by atoms with van der Waals surface area (Å²) in [6, 6.07) is 0.881. The number of nitrogens with zero attached hydrogens (tertiary/aromatic N) is 4. The summed E-state index contributed by atoms with van der Waals surface area (Å²) in [5, 5.41) is 20.2. The second-order valence-corrected chi connectivity index (χ2v) is 4.14. The van der Waals surface area contributed by atoms with E-state index in [1.54, 1.807) is 0 Å². The van der Waals surface area contributed by atoms with E-state index in [4.69, 9.17) is 10.5 Å². The van der Waals surface area contributed by atoms with Gasteiger partial charge in [-0.1, -0.05) is 0 Å². The molecular weight excluding hydrogens is 322 g/mol. The topological polar surface area (TPSA) is 89.5 Å². The average molecular weight is 328 g/mol. The van der Waals surface area contributed by atoms with Gasteiger partial charge in [-0.3, -0.25) is 5.01 Å². The summed E-state index contributed by atoms with van der Waals surface area (Å²) in [4.78, 5) is 11.4. The van der Waals surface area contributed by atoms with Crippen LogP contribution in [0.4, 0.5) is 26.3 Å². The smallest absolute Gasteiger partial charge is 0.429 e. The van der Waals surface area contributed by atoms with E-state index in [0.29, 0.717) is 26.3 Å². The third kappa shape index (κ3) is 1.73. The van der Waals surface area contributed by atoms with E-state index in [1.165, 1.54) is 0 Å². The molecule has 0 radical (unpaired) electrons. The Labute approximate surface area is 119 Å². The highest BCUT2D eigenvalue weighted by molar-refractivity contribution is 6.40. The van der Waals surface area contributed by atoms with Crippen molar-refractivity contribution in [3.63, 3.8) is 0 Å². The van der Waals surface area contributed by atoms with E-state index in [1.807, 2.05) is 0 Å². The molecule has 0 aromatic heterocycles. The molecule has 1 heterocycles. The molecule has 0 N–H and O–H groups in total. The molecule has 0 bridgehead atoms. The van der Waals surface area contributed by atoms with Gasteiger partial charge in [0.1, 0.15) is 6.07 Å². The lowest BCUT2D eigenvalue weighted by Crippen LogP contribution is -2.69. The predicted octanol–water partition coefficient (Wildman–Crippen LogP) is 1.36. The maximum atomic E-state index is 13.4. The second-order valence-electron chi connectivity index (χ2n) is 4.14. The fourth-order valence-electron chi connectivity index (χ4n) is 2.16. The van der Waals surface area contributed by atoms with Crippen LogP contribution >= 0.6 is 0 Å². The van der Waals surface area contributed by atoms with Crippen molar-refractivity contribution in [2.75, 3.05) is 14.2 Å². The van der Waals surface area contributed by atoms with Crippen molar-refractivity contribution >= 4 is 11.7 Å². The molecule has 0 unspecified atom stereocenters. The van der Waals surface area contributed by atoms with Crippen molar-refractivity contribution in [1.29, 1.82) is 10.5 Å². The van der Waals surface area contributed by atoms with Crippen molar-refractivity contribution in [3.8, 4) is 12.1 Å². The third-order valence-corrected chi connectivity index (χ3v) is 3.18. The van der Waals surface area contributed by atoms with Crippen LogP contribution in [0.15, 0.2) is 5.10 Å². The molecule has 1 aliphatic rings. The van der Waals surface area contributed by atoms with Gasteiger partial charge in [-0.15, -0.1) is 0 Å². The van der Waals surface area contributed by atoms with Gasteiger partial charge in [-0.05, 0) is 0 Å². The molecule has 0 spiro atoms. The van der Waals surface area contributed by atoms with Crippen LogP contribution in [0.1, 0.15) is 0 Å². The molecule has 1 aliphatic heterocycles. The highest BCUT2D eigenvalue weighted by Crippen LogP contribution is 2.58. The Bertz CT molecular complexity index is 613. The standard InChI is InChI=1S/C10H6F6N4O2/c1-20-8(4-18,10(14,15)16)7(3-17,9(11,12)13)5(19-20)6(21)22-2/h1-2H3/t7-,8-/m0/s1. The van der Waals surface area contributed by atoms with Gasteiger partial charge in [0.05, 0.1) is 13.2 Å². The minimum absolute atomic E-state index is 0.393. The monoisotopic (exact) mass is 328 g/mol. The lowest BCUT2D eigenvalue weighted by atomic mass is 9.67. The summed E-state index contributed by atoms with van der Waals surface area (Å²) in [5.74, 6) is -1.90. The Morgan fingerprint density at radius 2 is 1.68 bits per heavy atom. The van der Waals surface area contributed by atoms with Crippen LogP contribution < -0.4 is 0 Å². The molecule has 2 atom stereocenters. The van der Waals surface area contributed by atoms with Crippen molar-refractivity contribution in [2.45, 2.75) is 17.9 Å². The fourth-order valence-corrected chi connectivity index (χ4v) is 2.16. The first kappa shape index (κ1) is 17.6. The number of hydrogen-bond donors (Lipinski definition) is 0. The van der Waals surface area contributed by atoms with E-state index in [0.717, 1.165) is 0 Å². The number of ether oxygens (including phenoxy) is 1. The fraction of sp³-hybridized carbons (Fsp3) is 0.600. The molecule has 12 heteroatoms. The minimum atomic E-state index is -5.93. The number of alkyl halides is 6. The van der Waals surface area contributed by atoms with Crippen molar-refractivity contribution in [1.82, 2.24) is 5.01 Å². The number of rotatable bonds is 1. The van der Waals surface area contributed by atoms with Gasteiger partial charge in [0.15, 0.2) is 5.71 Å². The first-order valence-corrected chi connectivity index (χ1v) is 5.24. The molecule has 120 valence electrons. The third-order valence-electron chi connectivity index (χ3n) is 3.18. The molecule has 0 aromatic rings. The summed E-state index contributed by atoms with van der Waals surface area (Å²) in [6.07, 6.45) is -11.8. The Kier molecular flexibility index (Phi) is 3.80. The zero-order valence-corrected chi connectivity index (χ0v) is 10.9. The number of carbonyl (C=O) groups excluding carboxylic acids is 1. The van der Waals surface area contributed by atoms with Gasteiger partial charge >= 0.3 is 18.3 Å². The lowest BCUT2D eigenvalue weighted by Gasteiger charge is -2.40. The highest BCUT2D eigenvalue weighted by atomic mass is 19.4. The minimum Gasteiger partial charge on any atom is -0.464 e. The van der Waals surface area contributed by atoms with Crippen molar-refractivity contribution in [2.24, 2.45) is 10.5 Å². The zero-order valence-electron chi connectivity index (χ0n) is 10.9. The van der Waals surface area contributed by atoms with Gasteiger partial charge in [0.2, 0.25) is 5.41 Å². The second kappa shape index (κ2) is 4.76. The molecule has 1 rings (SSSR count). The van der Waals surface area contributed by atoms with Crippen LogP contribution in [0.5, 0.6) is 0 Å². The Balaban J connectivity index is 3.95. The Hall–Kier alpha value is -2.50. The summed E-state index contributed by atoms with van der Waals surface area (Å²) < 4.78 is 83.9. The predicted molar refractivity (Wildman–Crippen MR) is 55.7 cm³/mol. The van der Waals surface area contributed by atoms with Crippen LogP contribution in [-0.2, 0) is 9.53 Å². The Morgan fingerprint density at radius 1 is 1.18 bits per heavy atom.